The van der Waals surface area contributed by atoms with Gasteiger partial charge in [0.15, 0.2) is 0 Å². The largest absolute Gasteiger partial charge is 0.310 e. The van der Waals surface area contributed by atoms with Crippen LogP contribution >= 0.6 is 11.8 Å². The molecular weight excluding hydrogens is 697 g/mol. The molecule has 1 unspecified atom stereocenters. The van der Waals surface area contributed by atoms with Gasteiger partial charge in [0.1, 0.15) is 0 Å². The molecule has 2 aliphatic rings. The van der Waals surface area contributed by atoms with Crippen molar-refractivity contribution in [1.29, 1.82) is 0 Å². The molecule has 3 heteroatoms. The van der Waals surface area contributed by atoms with Crippen molar-refractivity contribution in [3.8, 4) is 11.1 Å². The van der Waals surface area contributed by atoms with E-state index in [2.05, 4.69) is 228 Å². The summed E-state index contributed by atoms with van der Waals surface area (Å²) >= 11 is 1.90. The zero-order valence-electron chi connectivity index (χ0n) is 30.6. The van der Waals surface area contributed by atoms with Crippen LogP contribution in [0.15, 0.2) is 228 Å². The number of hydrogen-bond acceptors (Lipinski definition) is 3. The van der Waals surface area contributed by atoms with Gasteiger partial charge in [0.05, 0.1) is 5.41 Å². The molecule has 9 aromatic carbocycles. The zero-order valence-corrected chi connectivity index (χ0v) is 31.4. The molecule has 0 radical (unpaired) electrons. The summed E-state index contributed by atoms with van der Waals surface area (Å²) in [6, 6.07) is 79.9. The van der Waals surface area contributed by atoms with Crippen LogP contribution < -0.4 is 9.80 Å². The van der Waals surface area contributed by atoms with E-state index in [9.17, 15) is 0 Å². The standard InChI is InChI=1S/C53H36N2S/c1-5-18-38(19-6-1)54(39-20-7-2-8-21-39)42-30-32-48-46(35-42)45-27-15-16-28-47(45)53(48)49-36-43(55(40-22-9-3-10-23-40)41-24-11-4-12-25-41)31-34-50(49)56-51-33-29-37-17-13-14-26-44(37)52(51)53/h1-36H. The van der Waals surface area contributed by atoms with E-state index in [1.165, 1.54) is 53.9 Å². The Morgan fingerprint density at radius 1 is 0.321 bits per heavy atom. The minimum absolute atomic E-state index is 0.569. The van der Waals surface area contributed by atoms with Crippen LogP contribution in [0.2, 0.25) is 0 Å². The van der Waals surface area contributed by atoms with Crippen LogP contribution in [0.5, 0.6) is 0 Å². The maximum Gasteiger partial charge on any atom is 0.0742 e. The highest BCUT2D eigenvalue weighted by Gasteiger charge is 2.51. The van der Waals surface area contributed by atoms with Crippen LogP contribution in [0, 0.1) is 0 Å². The summed E-state index contributed by atoms with van der Waals surface area (Å²) in [6.45, 7) is 0. The second kappa shape index (κ2) is 13.2. The number of anilines is 6. The van der Waals surface area contributed by atoms with Gasteiger partial charge < -0.3 is 9.80 Å². The maximum absolute atomic E-state index is 2.48. The lowest BCUT2D eigenvalue weighted by Crippen LogP contribution is -2.32. The predicted molar refractivity (Wildman–Crippen MR) is 235 cm³/mol. The summed E-state index contributed by atoms with van der Waals surface area (Å²) in [6.07, 6.45) is 0. The van der Waals surface area contributed by atoms with E-state index in [1.807, 2.05) is 11.8 Å². The van der Waals surface area contributed by atoms with Gasteiger partial charge in [-0.2, -0.15) is 0 Å². The van der Waals surface area contributed by atoms with Crippen molar-refractivity contribution in [2.45, 2.75) is 15.2 Å². The van der Waals surface area contributed by atoms with E-state index in [4.69, 9.17) is 0 Å². The SMILES string of the molecule is c1ccc(N(c2ccccc2)c2ccc3c(c2)-c2ccccc2C32c3cc(N(c4ccccc4)c4ccccc4)ccc3Sc3ccc4ccccc4c32)cc1. The maximum atomic E-state index is 2.48. The highest BCUT2D eigenvalue weighted by atomic mass is 32.2. The first-order valence-corrected chi connectivity index (χ1v) is 20.0. The quantitative estimate of drug-likeness (QED) is 0.168. The Morgan fingerprint density at radius 3 is 1.43 bits per heavy atom. The Kier molecular flexibility index (Phi) is 7.68. The minimum Gasteiger partial charge on any atom is -0.310 e. The van der Waals surface area contributed by atoms with Gasteiger partial charge >= 0.3 is 0 Å². The molecule has 11 rings (SSSR count). The van der Waals surface area contributed by atoms with E-state index in [1.54, 1.807) is 0 Å². The zero-order chi connectivity index (χ0) is 37.1. The number of para-hydroxylation sites is 4. The van der Waals surface area contributed by atoms with Crippen molar-refractivity contribution in [3.05, 3.63) is 241 Å². The molecular formula is C53H36N2S. The molecule has 0 amide bonds. The number of rotatable bonds is 6. The molecule has 1 spiro atoms. The highest BCUT2D eigenvalue weighted by Crippen LogP contribution is 2.64. The first kappa shape index (κ1) is 32.6. The molecule has 0 fully saturated rings. The van der Waals surface area contributed by atoms with E-state index in [-0.39, 0.29) is 0 Å². The summed E-state index contributed by atoms with van der Waals surface area (Å²) < 4.78 is 0. The fourth-order valence-corrected chi connectivity index (χ4v) is 10.4. The number of benzene rings is 9. The fraction of sp³-hybridized carbons (Fsp3) is 0.0189. The van der Waals surface area contributed by atoms with Crippen molar-refractivity contribution in [3.63, 3.8) is 0 Å². The van der Waals surface area contributed by atoms with E-state index < -0.39 is 5.41 Å². The Labute approximate surface area is 332 Å². The second-order valence-electron chi connectivity index (χ2n) is 14.5. The fourth-order valence-electron chi connectivity index (χ4n) is 9.19. The van der Waals surface area contributed by atoms with Gasteiger partial charge in [0.2, 0.25) is 0 Å². The molecule has 2 nitrogen and oxygen atoms in total. The van der Waals surface area contributed by atoms with Crippen molar-refractivity contribution >= 4 is 56.7 Å². The van der Waals surface area contributed by atoms with Crippen molar-refractivity contribution in [2.75, 3.05) is 9.80 Å². The third-order valence-electron chi connectivity index (χ3n) is 11.5. The average molecular weight is 733 g/mol. The number of fused-ring (bicyclic) bond motifs is 11. The molecule has 0 saturated heterocycles. The van der Waals surface area contributed by atoms with Crippen LogP contribution in [0.3, 0.4) is 0 Å². The summed E-state index contributed by atoms with van der Waals surface area (Å²) in [5.74, 6) is 0. The van der Waals surface area contributed by atoms with Gasteiger partial charge in [-0.25, -0.2) is 0 Å². The van der Waals surface area contributed by atoms with Gasteiger partial charge in [-0.3, -0.25) is 0 Å². The molecule has 0 bridgehead atoms. The van der Waals surface area contributed by atoms with Gasteiger partial charge in [-0.15, -0.1) is 0 Å². The van der Waals surface area contributed by atoms with E-state index in [0.717, 1.165) is 34.1 Å². The Balaban J connectivity index is 1.22. The predicted octanol–water partition coefficient (Wildman–Crippen LogP) is 14.6. The van der Waals surface area contributed by atoms with Crippen LogP contribution in [0.1, 0.15) is 22.3 Å². The first-order chi connectivity index (χ1) is 27.8. The minimum atomic E-state index is -0.569. The molecule has 1 heterocycles. The summed E-state index contributed by atoms with van der Waals surface area (Å²) in [5.41, 5.74) is 14.0. The van der Waals surface area contributed by atoms with Gasteiger partial charge in [0, 0.05) is 43.9 Å². The molecule has 264 valence electrons. The topological polar surface area (TPSA) is 6.48 Å². The lowest BCUT2D eigenvalue weighted by atomic mass is 9.66. The third-order valence-corrected chi connectivity index (χ3v) is 12.6. The number of nitrogens with zero attached hydrogens (tertiary/aromatic N) is 2. The lowest BCUT2D eigenvalue weighted by Gasteiger charge is -2.41. The van der Waals surface area contributed by atoms with Crippen molar-refractivity contribution in [1.82, 2.24) is 0 Å². The summed E-state index contributed by atoms with van der Waals surface area (Å²) in [7, 11) is 0. The first-order valence-electron chi connectivity index (χ1n) is 19.2. The van der Waals surface area contributed by atoms with E-state index in [0.29, 0.717) is 0 Å². The average Bonchev–Trinajstić information content (AvgIpc) is 3.55. The van der Waals surface area contributed by atoms with Crippen molar-refractivity contribution < 1.29 is 0 Å². The molecule has 0 saturated carbocycles. The molecule has 56 heavy (non-hydrogen) atoms. The summed E-state index contributed by atoms with van der Waals surface area (Å²) in [5, 5.41) is 2.54. The molecule has 0 N–H and O–H groups in total. The highest BCUT2D eigenvalue weighted by molar-refractivity contribution is 7.99. The normalized spacial score (nSPS) is 14.8. The summed E-state index contributed by atoms with van der Waals surface area (Å²) in [4.78, 5) is 7.34. The van der Waals surface area contributed by atoms with Crippen molar-refractivity contribution in [2.24, 2.45) is 0 Å². The number of hydrogen-bond donors (Lipinski definition) is 0. The van der Waals surface area contributed by atoms with E-state index >= 15 is 0 Å². The molecule has 9 aromatic rings. The smallest absolute Gasteiger partial charge is 0.0742 e. The van der Waals surface area contributed by atoms with Crippen LogP contribution in [0.4, 0.5) is 34.1 Å². The Hall–Kier alpha value is -6.81. The molecule has 1 atom stereocenters. The van der Waals surface area contributed by atoms with Crippen LogP contribution in [-0.4, -0.2) is 0 Å². The molecule has 0 aromatic heterocycles. The molecule has 1 aliphatic heterocycles. The Bertz CT molecular complexity index is 2810. The monoisotopic (exact) mass is 732 g/mol. The Morgan fingerprint density at radius 2 is 0.804 bits per heavy atom. The van der Waals surface area contributed by atoms with Crippen LogP contribution in [-0.2, 0) is 5.41 Å². The van der Waals surface area contributed by atoms with Crippen LogP contribution in [0.25, 0.3) is 21.9 Å². The third kappa shape index (κ3) is 4.98. The lowest BCUT2D eigenvalue weighted by molar-refractivity contribution is 0.730. The molecule has 1 aliphatic carbocycles. The van der Waals surface area contributed by atoms with Gasteiger partial charge in [0.25, 0.3) is 0 Å². The van der Waals surface area contributed by atoms with Gasteiger partial charge in [-0.05, 0) is 129 Å². The van der Waals surface area contributed by atoms with Gasteiger partial charge in [-0.1, -0.05) is 145 Å². The second-order valence-corrected chi connectivity index (χ2v) is 15.6.